The van der Waals surface area contributed by atoms with Crippen molar-refractivity contribution in [1.29, 1.82) is 0 Å². The van der Waals surface area contributed by atoms with Gasteiger partial charge in [-0.1, -0.05) is 0 Å². The molecule has 33 heavy (non-hydrogen) atoms. The van der Waals surface area contributed by atoms with E-state index in [1.165, 1.54) is 17.1 Å². The van der Waals surface area contributed by atoms with Gasteiger partial charge in [0, 0.05) is 35.8 Å². The summed E-state index contributed by atoms with van der Waals surface area (Å²) in [5.74, 6) is 0.649. The van der Waals surface area contributed by atoms with Crippen molar-refractivity contribution in [1.82, 2.24) is 30.3 Å². The molecular formula is C22H31Cl2N7O2. The highest BCUT2D eigenvalue weighted by Crippen LogP contribution is 2.33. The molecule has 2 aromatic heterocycles. The molecule has 0 saturated carbocycles. The van der Waals surface area contributed by atoms with Crippen molar-refractivity contribution < 1.29 is 10.2 Å². The number of phenolic OH excluding ortho intramolecular Hbond substituents is 1. The third-order valence-corrected chi connectivity index (χ3v) is 5.67. The first-order valence-corrected chi connectivity index (χ1v) is 10.3. The van der Waals surface area contributed by atoms with Crippen LogP contribution in [-0.2, 0) is 0 Å². The number of nitrogens with one attached hydrogen (secondary N) is 1. The largest absolute Gasteiger partial charge is 0.507 e. The number of piperidine rings is 1. The molecule has 0 bridgehead atoms. The normalized spacial score (nSPS) is 17.0. The van der Waals surface area contributed by atoms with Gasteiger partial charge in [0.15, 0.2) is 5.75 Å². The lowest BCUT2D eigenvalue weighted by molar-refractivity contribution is 0.160. The summed E-state index contributed by atoms with van der Waals surface area (Å²) < 4.78 is 1.48. The van der Waals surface area contributed by atoms with Gasteiger partial charge in [0.05, 0.1) is 24.3 Å². The van der Waals surface area contributed by atoms with E-state index in [0.717, 1.165) is 12.8 Å². The van der Waals surface area contributed by atoms with Crippen LogP contribution in [0.3, 0.4) is 0 Å². The number of hydrogen-bond acceptors (Lipinski definition) is 8. The summed E-state index contributed by atoms with van der Waals surface area (Å²) in [5.41, 5.74) is 1.67. The van der Waals surface area contributed by atoms with E-state index < -0.39 is 0 Å². The molecule has 4 rings (SSSR count). The Hall–Kier alpha value is -2.62. The molecule has 0 aliphatic carbocycles. The molecule has 3 aromatic rings. The summed E-state index contributed by atoms with van der Waals surface area (Å²) in [7, 11) is 2.00. The van der Waals surface area contributed by atoms with E-state index >= 15 is 0 Å². The number of benzene rings is 1. The number of nitrogens with zero attached hydrogens (tertiary/aromatic N) is 6. The molecule has 1 fully saturated rings. The van der Waals surface area contributed by atoms with E-state index in [9.17, 15) is 10.2 Å². The molecule has 3 N–H and O–H groups in total. The summed E-state index contributed by atoms with van der Waals surface area (Å²) >= 11 is 0. The van der Waals surface area contributed by atoms with Gasteiger partial charge in [-0.15, -0.1) is 35.0 Å². The molecule has 1 saturated heterocycles. The Morgan fingerprint density at radius 2 is 1.70 bits per heavy atom. The van der Waals surface area contributed by atoms with Crippen LogP contribution in [0, 0.1) is 0 Å². The summed E-state index contributed by atoms with van der Waals surface area (Å²) in [6.07, 6.45) is 6.38. The van der Waals surface area contributed by atoms with Crippen molar-refractivity contribution >= 4 is 30.8 Å². The Morgan fingerprint density at radius 1 is 1.03 bits per heavy atom. The smallest absolute Gasteiger partial charge is 0.245 e. The summed E-state index contributed by atoms with van der Waals surface area (Å²) in [6.45, 7) is 8.87. The Balaban J connectivity index is 0.00000193. The SMILES string of the molecule is CN(c1ncc(-c2ccc(-n3cc(O)cn3)cc2O)nn1)C1CC(C)(C)NC(C)(C)C1.Cl.Cl. The molecular weight excluding hydrogens is 465 g/mol. The van der Waals surface area contributed by atoms with E-state index in [4.69, 9.17) is 0 Å². The van der Waals surface area contributed by atoms with Gasteiger partial charge in [0.1, 0.15) is 11.4 Å². The maximum absolute atomic E-state index is 10.5. The molecule has 0 spiro atoms. The predicted molar refractivity (Wildman–Crippen MR) is 133 cm³/mol. The van der Waals surface area contributed by atoms with Crippen LogP contribution in [0.25, 0.3) is 16.9 Å². The molecule has 9 nitrogen and oxygen atoms in total. The van der Waals surface area contributed by atoms with Crippen molar-refractivity contribution in [3.8, 4) is 28.4 Å². The lowest BCUT2D eigenvalue weighted by atomic mass is 9.79. The van der Waals surface area contributed by atoms with Gasteiger partial charge in [-0.3, -0.25) is 0 Å². The second-order valence-electron chi connectivity index (χ2n) is 9.55. The van der Waals surface area contributed by atoms with Gasteiger partial charge in [-0.25, -0.2) is 9.67 Å². The predicted octanol–water partition coefficient (Wildman–Crippen LogP) is 3.72. The second-order valence-corrected chi connectivity index (χ2v) is 9.55. The second kappa shape index (κ2) is 9.70. The molecule has 3 heterocycles. The Kier molecular flexibility index (Phi) is 7.83. The first kappa shape index (κ1) is 26.6. The monoisotopic (exact) mass is 495 g/mol. The Bertz CT molecular complexity index is 1070. The molecule has 1 aliphatic rings. The molecule has 180 valence electrons. The van der Waals surface area contributed by atoms with Gasteiger partial charge >= 0.3 is 0 Å². The van der Waals surface area contributed by atoms with Crippen LogP contribution in [0.15, 0.2) is 36.8 Å². The third-order valence-electron chi connectivity index (χ3n) is 5.67. The van der Waals surface area contributed by atoms with E-state index in [0.29, 0.717) is 22.9 Å². The molecule has 0 radical (unpaired) electrons. The molecule has 0 amide bonds. The summed E-state index contributed by atoms with van der Waals surface area (Å²) in [5, 5.41) is 36.3. The van der Waals surface area contributed by atoms with Crippen LogP contribution >= 0.6 is 24.8 Å². The van der Waals surface area contributed by atoms with Crippen LogP contribution in [-0.4, -0.2) is 59.3 Å². The zero-order chi connectivity index (χ0) is 22.4. The molecule has 1 aliphatic heterocycles. The van der Waals surface area contributed by atoms with Crippen LogP contribution in [0.4, 0.5) is 5.95 Å². The highest BCUT2D eigenvalue weighted by molar-refractivity contribution is 5.85. The highest BCUT2D eigenvalue weighted by Gasteiger charge is 2.39. The Labute approximate surface area is 206 Å². The van der Waals surface area contributed by atoms with Gasteiger partial charge in [-0.2, -0.15) is 5.10 Å². The summed E-state index contributed by atoms with van der Waals surface area (Å²) in [6, 6.07) is 5.36. The number of halogens is 2. The van der Waals surface area contributed by atoms with Crippen LogP contribution in [0.1, 0.15) is 40.5 Å². The fourth-order valence-electron chi connectivity index (χ4n) is 4.59. The number of rotatable bonds is 4. The zero-order valence-electron chi connectivity index (χ0n) is 19.3. The minimum absolute atomic E-state index is 0. The third kappa shape index (κ3) is 5.85. The fraction of sp³-hybridized carbons (Fsp3) is 0.455. The van der Waals surface area contributed by atoms with Crippen LogP contribution < -0.4 is 10.2 Å². The number of anilines is 1. The van der Waals surface area contributed by atoms with Crippen molar-refractivity contribution in [2.45, 2.75) is 57.7 Å². The van der Waals surface area contributed by atoms with Crippen molar-refractivity contribution in [2.24, 2.45) is 0 Å². The fourth-order valence-corrected chi connectivity index (χ4v) is 4.59. The molecule has 0 atom stereocenters. The van der Waals surface area contributed by atoms with Crippen LogP contribution in [0.2, 0.25) is 0 Å². The maximum Gasteiger partial charge on any atom is 0.245 e. The highest BCUT2D eigenvalue weighted by atomic mass is 35.5. The quantitative estimate of drug-likeness (QED) is 0.501. The minimum Gasteiger partial charge on any atom is -0.507 e. The van der Waals surface area contributed by atoms with Crippen molar-refractivity contribution in [2.75, 3.05) is 11.9 Å². The average molecular weight is 496 g/mol. The lowest BCUT2D eigenvalue weighted by Crippen LogP contribution is -2.62. The van der Waals surface area contributed by atoms with Gasteiger partial charge in [0.2, 0.25) is 5.95 Å². The van der Waals surface area contributed by atoms with E-state index in [1.807, 2.05) is 7.05 Å². The topological polar surface area (TPSA) is 112 Å². The average Bonchev–Trinajstić information content (AvgIpc) is 3.11. The van der Waals surface area contributed by atoms with Crippen LogP contribution in [0.5, 0.6) is 11.5 Å². The summed E-state index contributed by atoms with van der Waals surface area (Å²) in [4.78, 5) is 6.61. The van der Waals surface area contributed by atoms with E-state index in [1.54, 1.807) is 24.4 Å². The molecule has 11 heteroatoms. The maximum atomic E-state index is 10.5. The van der Waals surface area contributed by atoms with Gasteiger partial charge < -0.3 is 20.4 Å². The number of aromatic nitrogens is 5. The lowest BCUT2D eigenvalue weighted by Gasteiger charge is -2.48. The molecule has 0 unspecified atom stereocenters. The van der Waals surface area contributed by atoms with Gasteiger partial charge in [-0.05, 0) is 52.7 Å². The molecule has 1 aromatic carbocycles. The standard InChI is InChI=1S/C22H29N7O2.2ClH/c1-21(2)9-15(10-22(3,4)27-21)28(5)20-23-12-18(25-26-20)17-7-6-14(8-19(17)31)29-13-16(30)11-24-29;;/h6-8,11-13,15,27,30-31H,9-10H2,1-5H3;2*1H. The number of phenols is 1. The number of hydrogen-bond donors (Lipinski definition) is 3. The van der Waals surface area contributed by atoms with Crippen molar-refractivity contribution in [3.05, 3.63) is 36.8 Å². The van der Waals surface area contributed by atoms with E-state index in [2.05, 4.69) is 58.2 Å². The zero-order valence-corrected chi connectivity index (χ0v) is 21.0. The first-order chi connectivity index (χ1) is 14.5. The van der Waals surface area contributed by atoms with E-state index in [-0.39, 0.29) is 53.4 Å². The Morgan fingerprint density at radius 3 is 2.21 bits per heavy atom. The first-order valence-electron chi connectivity index (χ1n) is 10.3. The van der Waals surface area contributed by atoms with Crippen molar-refractivity contribution in [3.63, 3.8) is 0 Å². The number of aromatic hydroxyl groups is 2. The minimum atomic E-state index is 0. The van der Waals surface area contributed by atoms with Gasteiger partial charge in [0.25, 0.3) is 0 Å².